The average Bonchev–Trinajstić information content (AvgIpc) is 3.08. The number of esters is 1. The van der Waals surface area contributed by atoms with E-state index in [2.05, 4.69) is 5.32 Å². The minimum Gasteiger partial charge on any atom is -0.491 e. The predicted molar refractivity (Wildman–Crippen MR) is 114 cm³/mol. The normalized spacial score (nSPS) is 13.0. The lowest BCUT2D eigenvalue weighted by atomic mass is 10.1. The molecule has 0 bridgehead atoms. The SMILES string of the molecule is CCN(Cc1ccc2c(c1)CN(C(=O)Nc1ccsc1C(=O)OC)CCO2)C(C)=O. The Kier molecular flexibility index (Phi) is 6.94. The highest BCUT2D eigenvalue weighted by Crippen LogP contribution is 2.27. The molecule has 1 aromatic carbocycles. The highest BCUT2D eigenvalue weighted by molar-refractivity contribution is 7.12. The van der Waals surface area contributed by atoms with E-state index in [9.17, 15) is 14.4 Å². The Morgan fingerprint density at radius 1 is 1.30 bits per heavy atom. The van der Waals surface area contributed by atoms with E-state index >= 15 is 0 Å². The Bertz CT molecular complexity index is 942. The van der Waals surface area contributed by atoms with Gasteiger partial charge in [0.05, 0.1) is 25.9 Å². The number of urea groups is 1. The molecule has 1 aliphatic rings. The number of thiophene rings is 1. The van der Waals surface area contributed by atoms with Crippen molar-refractivity contribution in [2.75, 3.05) is 32.1 Å². The molecule has 0 unspecified atom stereocenters. The molecule has 3 rings (SSSR count). The zero-order valence-electron chi connectivity index (χ0n) is 17.3. The maximum absolute atomic E-state index is 12.8. The van der Waals surface area contributed by atoms with Crippen LogP contribution in [0, 0.1) is 0 Å². The number of rotatable bonds is 5. The third-order valence-corrected chi connectivity index (χ3v) is 5.76. The summed E-state index contributed by atoms with van der Waals surface area (Å²) >= 11 is 1.21. The van der Waals surface area contributed by atoms with Gasteiger partial charge in [0.15, 0.2) is 0 Å². The maximum atomic E-state index is 12.8. The van der Waals surface area contributed by atoms with Gasteiger partial charge in [-0.3, -0.25) is 4.79 Å². The Balaban J connectivity index is 1.75. The van der Waals surface area contributed by atoms with E-state index in [0.29, 0.717) is 43.4 Å². The van der Waals surface area contributed by atoms with Crippen LogP contribution >= 0.6 is 11.3 Å². The van der Waals surface area contributed by atoms with Crippen molar-refractivity contribution in [3.8, 4) is 5.75 Å². The largest absolute Gasteiger partial charge is 0.491 e. The third-order valence-electron chi connectivity index (χ3n) is 4.87. The van der Waals surface area contributed by atoms with Crippen LogP contribution < -0.4 is 10.1 Å². The lowest BCUT2D eigenvalue weighted by Gasteiger charge is -2.21. The summed E-state index contributed by atoms with van der Waals surface area (Å²) in [6.07, 6.45) is 0. The highest BCUT2D eigenvalue weighted by Gasteiger charge is 2.23. The zero-order valence-corrected chi connectivity index (χ0v) is 18.1. The van der Waals surface area contributed by atoms with Gasteiger partial charge in [0.25, 0.3) is 0 Å². The predicted octanol–water partition coefficient (Wildman–Crippen LogP) is 3.33. The van der Waals surface area contributed by atoms with Crippen LogP contribution in [-0.4, -0.2) is 54.5 Å². The fourth-order valence-electron chi connectivity index (χ4n) is 3.24. The highest BCUT2D eigenvalue weighted by atomic mass is 32.1. The summed E-state index contributed by atoms with van der Waals surface area (Å²) in [5.74, 6) is 0.257. The molecule has 3 amide bonds. The monoisotopic (exact) mass is 431 g/mol. The second kappa shape index (κ2) is 9.62. The molecular weight excluding hydrogens is 406 g/mol. The van der Waals surface area contributed by atoms with E-state index in [1.807, 2.05) is 25.1 Å². The number of benzene rings is 1. The van der Waals surface area contributed by atoms with Crippen LogP contribution in [0.4, 0.5) is 10.5 Å². The van der Waals surface area contributed by atoms with Gasteiger partial charge in [0.2, 0.25) is 5.91 Å². The van der Waals surface area contributed by atoms with Crippen LogP contribution in [0.5, 0.6) is 5.75 Å². The number of hydrogen-bond acceptors (Lipinski definition) is 6. The minimum atomic E-state index is -0.486. The van der Waals surface area contributed by atoms with Crippen molar-refractivity contribution in [3.63, 3.8) is 0 Å². The summed E-state index contributed by atoms with van der Waals surface area (Å²) in [6.45, 7) is 5.74. The second-order valence-corrected chi connectivity index (χ2v) is 7.75. The van der Waals surface area contributed by atoms with Gasteiger partial charge in [-0.05, 0) is 36.1 Å². The van der Waals surface area contributed by atoms with Crippen molar-refractivity contribution in [2.24, 2.45) is 0 Å². The van der Waals surface area contributed by atoms with Gasteiger partial charge < -0.3 is 24.6 Å². The van der Waals surface area contributed by atoms with Crippen molar-refractivity contribution in [3.05, 3.63) is 45.6 Å². The van der Waals surface area contributed by atoms with Crippen LogP contribution in [0.2, 0.25) is 0 Å². The summed E-state index contributed by atoms with van der Waals surface area (Å²) in [7, 11) is 1.31. The number of ether oxygens (including phenoxy) is 2. The molecule has 0 saturated heterocycles. The second-order valence-electron chi connectivity index (χ2n) is 6.83. The molecule has 1 aromatic heterocycles. The number of nitrogens with zero attached hydrogens (tertiary/aromatic N) is 2. The van der Waals surface area contributed by atoms with Gasteiger partial charge in [-0.1, -0.05) is 6.07 Å². The van der Waals surface area contributed by atoms with Crippen molar-refractivity contribution in [1.29, 1.82) is 0 Å². The van der Waals surface area contributed by atoms with Gasteiger partial charge >= 0.3 is 12.0 Å². The van der Waals surface area contributed by atoms with Gasteiger partial charge in [-0.2, -0.15) is 0 Å². The smallest absolute Gasteiger partial charge is 0.350 e. The van der Waals surface area contributed by atoms with Crippen molar-refractivity contribution in [1.82, 2.24) is 9.80 Å². The summed E-state index contributed by atoms with van der Waals surface area (Å²) in [4.78, 5) is 40.1. The zero-order chi connectivity index (χ0) is 21.7. The summed E-state index contributed by atoms with van der Waals surface area (Å²) < 4.78 is 10.6. The molecule has 0 atom stereocenters. The van der Waals surface area contributed by atoms with E-state index in [4.69, 9.17) is 9.47 Å². The molecule has 0 aliphatic carbocycles. The molecule has 0 spiro atoms. The van der Waals surface area contributed by atoms with E-state index < -0.39 is 5.97 Å². The minimum absolute atomic E-state index is 0.0156. The lowest BCUT2D eigenvalue weighted by Crippen LogP contribution is -2.36. The van der Waals surface area contributed by atoms with Crippen LogP contribution in [0.3, 0.4) is 0 Å². The Morgan fingerprint density at radius 2 is 2.10 bits per heavy atom. The fourth-order valence-corrected chi connectivity index (χ4v) is 4.00. The number of carbonyl (C=O) groups excluding carboxylic acids is 3. The first-order valence-corrected chi connectivity index (χ1v) is 10.5. The molecule has 0 saturated carbocycles. The Labute approximate surface area is 179 Å². The molecule has 8 nitrogen and oxygen atoms in total. The van der Waals surface area contributed by atoms with Gasteiger partial charge in [0.1, 0.15) is 17.2 Å². The lowest BCUT2D eigenvalue weighted by molar-refractivity contribution is -0.129. The van der Waals surface area contributed by atoms with E-state index in [0.717, 1.165) is 16.9 Å². The number of amides is 3. The first-order valence-electron chi connectivity index (χ1n) is 9.64. The molecule has 0 radical (unpaired) electrons. The van der Waals surface area contributed by atoms with Gasteiger partial charge in [-0.15, -0.1) is 11.3 Å². The quantitative estimate of drug-likeness (QED) is 0.734. The van der Waals surface area contributed by atoms with E-state index in [1.54, 1.807) is 28.2 Å². The molecule has 2 heterocycles. The first kappa shape index (κ1) is 21.6. The molecule has 160 valence electrons. The van der Waals surface area contributed by atoms with Crippen molar-refractivity contribution >= 4 is 34.9 Å². The van der Waals surface area contributed by atoms with Crippen molar-refractivity contribution in [2.45, 2.75) is 26.9 Å². The molecule has 1 aliphatic heterocycles. The summed E-state index contributed by atoms with van der Waals surface area (Å²) in [5, 5.41) is 4.52. The first-order chi connectivity index (χ1) is 14.4. The number of carbonyl (C=O) groups is 3. The Hall–Kier alpha value is -3.07. The number of methoxy groups -OCH3 is 1. The molecule has 2 aromatic rings. The van der Waals surface area contributed by atoms with Crippen LogP contribution in [-0.2, 0) is 22.6 Å². The molecular formula is C21H25N3O5S. The van der Waals surface area contributed by atoms with Crippen LogP contribution in [0.25, 0.3) is 0 Å². The number of nitrogens with one attached hydrogen (secondary N) is 1. The van der Waals surface area contributed by atoms with Gasteiger partial charge in [0, 0.05) is 25.6 Å². The average molecular weight is 432 g/mol. The van der Waals surface area contributed by atoms with Crippen LogP contribution in [0.15, 0.2) is 29.6 Å². The number of anilines is 1. The standard InChI is InChI=1S/C21H25N3O5S/c1-4-23(14(2)25)12-15-5-6-18-16(11-15)13-24(8-9-29-18)21(27)22-17-7-10-30-19(17)20(26)28-3/h5-7,10-11H,4,8-9,12-13H2,1-3H3,(H,22,27). The van der Waals surface area contributed by atoms with Crippen LogP contribution in [0.1, 0.15) is 34.6 Å². The topological polar surface area (TPSA) is 88.2 Å². The third kappa shape index (κ3) is 4.91. The summed E-state index contributed by atoms with van der Waals surface area (Å²) in [5.41, 5.74) is 2.27. The molecule has 1 N–H and O–H groups in total. The maximum Gasteiger partial charge on any atom is 0.350 e. The number of fused-ring (bicyclic) bond motifs is 1. The van der Waals surface area contributed by atoms with E-state index in [-0.39, 0.29) is 11.9 Å². The number of hydrogen-bond donors (Lipinski definition) is 1. The molecule has 0 fully saturated rings. The molecule has 30 heavy (non-hydrogen) atoms. The Morgan fingerprint density at radius 3 is 2.80 bits per heavy atom. The van der Waals surface area contributed by atoms with E-state index in [1.165, 1.54) is 18.4 Å². The fraction of sp³-hybridized carbons (Fsp3) is 0.381. The molecule has 9 heteroatoms. The summed E-state index contributed by atoms with van der Waals surface area (Å²) in [6, 6.07) is 7.15. The van der Waals surface area contributed by atoms with Gasteiger partial charge in [-0.25, -0.2) is 9.59 Å². The van der Waals surface area contributed by atoms with Crippen molar-refractivity contribution < 1.29 is 23.9 Å².